The van der Waals surface area contributed by atoms with Crippen LogP contribution in [0.25, 0.3) is 0 Å². The molecule has 1 fully saturated rings. The minimum absolute atomic E-state index is 0.000184. The smallest absolute Gasteiger partial charge is 0.317 e. The van der Waals surface area contributed by atoms with Gasteiger partial charge in [-0.3, -0.25) is 9.59 Å². The van der Waals surface area contributed by atoms with E-state index in [0.717, 1.165) is 5.56 Å². The van der Waals surface area contributed by atoms with Crippen molar-refractivity contribution < 1.29 is 19.4 Å². The van der Waals surface area contributed by atoms with Crippen LogP contribution in [0, 0.1) is 5.92 Å². The number of carbonyl (C=O) groups excluding carboxylic acids is 2. The zero-order chi connectivity index (χ0) is 14.8. The summed E-state index contributed by atoms with van der Waals surface area (Å²) in [5.74, 6) is -1.86. The lowest BCUT2D eigenvalue weighted by Crippen LogP contribution is -2.45. The molecule has 20 heavy (non-hydrogen) atoms. The van der Waals surface area contributed by atoms with E-state index in [1.54, 1.807) is 13.8 Å². The summed E-state index contributed by atoms with van der Waals surface area (Å²) < 4.78 is 5.03. The fourth-order valence-corrected chi connectivity index (χ4v) is 2.91. The van der Waals surface area contributed by atoms with E-state index >= 15 is 0 Å². The summed E-state index contributed by atoms with van der Waals surface area (Å²) in [7, 11) is 0. The SMILES string of the molecule is CCOC(=O)[C@H]1C(=O)C[C@](C)(O)C[C@@H]1c1ccccc1. The van der Waals surface area contributed by atoms with Gasteiger partial charge < -0.3 is 9.84 Å². The Hall–Kier alpha value is -1.68. The van der Waals surface area contributed by atoms with Crippen molar-refractivity contribution in [1.29, 1.82) is 0 Å². The molecule has 0 aliphatic heterocycles. The summed E-state index contributed by atoms with van der Waals surface area (Å²) in [6, 6.07) is 9.37. The number of ketones is 1. The molecule has 0 unspecified atom stereocenters. The minimum atomic E-state index is -1.07. The highest BCUT2D eigenvalue weighted by molar-refractivity contribution is 6.01. The van der Waals surface area contributed by atoms with Crippen molar-refractivity contribution >= 4 is 11.8 Å². The van der Waals surface area contributed by atoms with Gasteiger partial charge in [0.1, 0.15) is 5.92 Å². The maximum Gasteiger partial charge on any atom is 0.317 e. The highest BCUT2D eigenvalue weighted by atomic mass is 16.5. The van der Waals surface area contributed by atoms with Gasteiger partial charge >= 0.3 is 5.97 Å². The maximum absolute atomic E-state index is 12.2. The molecule has 1 N–H and O–H groups in total. The van der Waals surface area contributed by atoms with Crippen LogP contribution in [0.4, 0.5) is 0 Å². The fraction of sp³-hybridized carbons (Fsp3) is 0.500. The van der Waals surface area contributed by atoms with Crippen LogP contribution in [0.2, 0.25) is 0 Å². The molecule has 1 aliphatic carbocycles. The number of Topliss-reactive ketones (excluding diaryl/α,β-unsaturated/α-hetero) is 1. The Kier molecular flexibility index (Phi) is 4.23. The maximum atomic E-state index is 12.2. The van der Waals surface area contributed by atoms with E-state index < -0.39 is 17.5 Å². The van der Waals surface area contributed by atoms with E-state index in [9.17, 15) is 14.7 Å². The van der Waals surface area contributed by atoms with Gasteiger partial charge in [-0.1, -0.05) is 30.3 Å². The van der Waals surface area contributed by atoms with Gasteiger partial charge in [-0.15, -0.1) is 0 Å². The first-order valence-electron chi connectivity index (χ1n) is 6.91. The van der Waals surface area contributed by atoms with E-state index in [1.807, 2.05) is 30.3 Å². The molecule has 4 heteroatoms. The number of benzene rings is 1. The molecular weight excluding hydrogens is 256 g/mol. The molecule has 1 saturated carbocycles. The van der Waals surface area contributed by atoms with Gasteiger partial charge in [-0.2, -0.15) is 0 Å². The Labute approximate surface area is 118 Å². The van der Waals surface area contributed by atoms with E-state index in [1.165, 1.54) is 0 Å². The van der Waals surface area contributed by atoms with Crippen LogP contribution in [0.1, 0.15) is 38.2 Å². The molecule has 4 nitrogen and oxygen atoms in total. The number of carbonyl (C=O) groups is 2. The second-order valence-electron chi connectivity index (χ2n) is 5.59. The Morgan fingerprint density at radius 3 is 2.65 bits per heavy atom. The van der Waals surface area contributed by atoms with Crippen LogP contribution in [0.3, 0.4) is 0 Å². The molecule has 1 aromatic rings. The van der Waals surface area contributed by atoms with E-state index in [4.69, 9.17) is 4.74 Å². The second kappa shape index (κ2) is 5.75. The standard InChI is InChI=1S/C16H20O4/c1-3-20-15(18)14-12(11-7-5-4-6-8-11)9-16(2,19)10-13(14)17/h4-8,12,14,19H,3,9-10H2,1-2H3/t12-,14-,16-/m1/s1. The second-order valence-corrected chi connectivity index (χ2v) is 5.59. The molecule has 0 saturated heterocycles. The summed E-state index contributed by atoms with van der Waals surface area (Å²) in [5, 5.41) is 10.2. The molecular formula is C16H20O4. The van der Waals surface area contributed by atoms with Crippen LogP contribution in [0.5, 0.6) is 0 Å². The van der Waals surface area contributed by atoms with Crippen LogP contribution < -0.4 is 0 Å². The molecule has 1 aromatic carbocycles. The number of rotatable bonds is 3. The predicted molar refractivity (Wildman–Crippen MR) is 74.2 cm³/mol. The molecule has 0 heterocycles. The zero-order valence-electron chi connectivity index (χ0n) is 11.8. The zero-order valence-corrected chi connectivity index (χ0v) is 11.8. The molecule has 0 amide bonds. The summed E-state index contributed by atoms with van der Waals surface area (Å²) in [5.41, 5.74) is -0.181. The van der Waals surface area contributed by atoms with Gasteiger partial charge in [0, 0.05) is 12.3 Å². The van der Waals surface area contributed by atoms with Crippen LogP contribution in [0.15, 0.2) is 30.3 Å². The molecule has 108 valence electrons. The lowest BCUT2D eigenvalue weighted by molar-refractivity contribution is -0.157. The molecule has 0 aromatic heterocycles. The van der Waals surface area contributed by atoms with Gasteiger partial charge in [0.25, 0.3) is 0 Å². The van der Waals surface area contributed by atoms with E-state index in [2.05, 4.69) is 0 Å². The Bertz CT molecular complexity index is 492. The average Bonchev–Trinajstić information content (AvgIpc) is 2.38. The Balaban J connectivity index is 2.35. The third-order valence-corrected chi connectivity index (χ3v) is 3.73. The number of hydrogen-bond acceptors (Lipinski definition) is 4. The molecule has 0 spiro atoms. The van der Waals surface area contributed by atoms with Crippen molar-refractivity contribution in [1.82, 2.24) is 0 Å². The highest BCUT2D eigenvalue weighted by Gasteiger charge is 2.46. The highest BCUT2D eigenvalue weighted by Crippen LogP contribution is 2.41. The molecule has 0 radical (unpaired) electrons. The number of ether oxygens (including phenoxy) is 1. The van der Waals surface area contributed by atoms with Gasteiger partial charge in [0.15, 0.2) is 5.78 Å². The van der Waals surface area contributed by atoms with Crippen LogP contribution >= 0.6 is 0 Å². The van der Waals surface area contributed by atoms with Gasteiger partial charge in [-0.25, -0.2) is 0 Å². The number of hydrogen-bond donors (Lipinski definition) is 1. The predicted octanol–water partition coefficient (Wildman–Crippen LogP) is 2.06. The third-order valence-electron chi connectivity index (χ3n) is 3.73. The number of aliphatic hydroxyl groups is 1. The van der Waals surface area contributed by atoms with Gasteiger partial charge in [-0.05, 0) is 25.8 Å². The summed E-state index contributed by atoms with van der Waals surface area (Å²) in [6.07, 6.45) is 0.381. The first-order valence-corrected chi connectivity index (χ1v) is 6.91. The first-order chi connectivity index (χ1) is 9.44. The van der Waals surface area contributed by atoms with Crippen molar-refractivity contribution in [2.75, 3.05) is 6.61 Å². The molecule has 0 bridgehead atoms. The summed E-state index contributed by atoms with van der Waals surface area (Å²) in [6.45, 7) is 3.61. The van der Waals surface area contributed by atoms with Gasteiger partial charge in [0.05, 0.1) is 12.2 Å². The number of esters is 1. The summed E-state index contributed by atoms with van der Waals surface area (Å²) >= 11 is 0. The third kappa shape index (κ3) is 3.07. The van der Waals surface area contributed by atoms with Gasteiger partial charge in [0.2, 0.25) is 0 Å². The van der Waals surface area contributed by atoms with E-state index in [0.29, 0.717) is 6.42 Å². The van der Waals surface area contributed by atoms with E-state index in [-0.39, 0.29) is 24.7 Å². The molecule has 2 rings (SSSR count). The Morgan fingerprint density at radius 2 is 2.05 bits per heavy atom. The quantitative estimate of drug-likeness (QED) is 0.678. The monoisotopic (exact) mass is 276 g/mol. The molecule has 1 aliphatic rings. The minimum Gasteiger partial charge on any atom is -0.465 e. The topological polar surface area (TPSA) is 63.6 Å². The lowest BCUT2D eigenvalue weighted by Gasteiger charge is -2.37. The fourth-order valence-electron chi connectivity index (χ4n) is 2.91. The molecule has 3 atom stereocenters. The van der Waals surface area contributed by atoms with Crippen molar-refractivity contribution in [2.45, 2.75) is 38.2 Å². The van der Waals surface area contributed by atoms with Crippen molar-refractivity contribution in [3.8, 4) is 0 Å². The largest absolute Gasteiger partial charge is 0.465 e. The van der Waals surface area contributed by atoms with Crippen molar-refractivity contribution in [3.63, 3.8) is 0 Å². The van der Waals surface area contributed by atoms with Crippen molar-refractivity contribution in [2.24, 2.45) is 5.92 Å². The van der Waals surface area contributed by atoms with Crippen LogP contribution in [-0.4, -0.2) is 29.1 Å². The average molecular weight is 276 g/mol. The lowest BCUT2D eigenvalue weighted by atomic mass is 9.69. The normalized spacial score (nSPS) is 30.1. The van der Waals surface area contributed by atoms with Crippen LogP contribution in [-0.2, 0) is 14.3 Å². The van der Waals surface area contributed by atoms with Crippen molar-refractivity contribution in [3.05, 3.63) is 35.9 Å². The Morgan fingerprint density at radius 1 is 1.40 bits per heavy atom. The summed E-state index contributed by atoms with van der Waals surface area (Å²) in [4.78, 5) is 24.3. The first kappa shape index (κ1) is 14.7.